The van der Waals surface area contributed by atoms with Gasteiger partial charge in [-0.3, -0.25) is 4.79 Å². The molecule has 144 valence electrons. The number of hydrogen-bond donors (Lipinski definition) is 0. The number of aromatic nitrogens is 2. The highest BCUT2D eigenvalue weighted by molar-refractivity contribution is 6.42. The van der Waals surface area contributed by atoms with Crippen molar-refractivity contribution in [1.82, 2.24) is 4.98 Å². The fourth-order valence-electron chi connectivity index (χ4n) is 2.69. The molecule has 0 aliphatic carbocycles. The van der Waals surface area contributed by atoms with E-state index >= 15 is 0 Å². The van der Waals surface area contributed by atoms with Gasteiger partial charge in [-0.05, 0) is 18.2 Å². The molecule has 0 spiro atoms. The summed E-state index contributed by atoms with van der Waals surface area (Å²) < 4.78 is 10.8. The van der Waals surface area contributed by atoms with Crippen molar-refractivity contribution in [2.24, 2.45) is 0 Å². The van der Waals surface area contributed by atoms with Gasteiger partial charge in [0.05, 0.1) is 17.2 Å². The second kappa shape index (κ2) is 8.00. The molecule has 0 N–H and O–H groups in total. The van der Waals surface area contributed by atoms with Gasteiger partial charge in [0.1, 0.15) is 23.4 Å². The first-order valence-electron chi connectivity index (χ1n) is 8.05. The van der Waals surface area contributed by atoms with Gasteiger partial charge in [0.25, 0.3) is 5.69 Å². The molecule has 28 heavy (non-hydrogen) atoms. The van der Waals surface area contributed by atoms with Crippen molar-refractivity contribution in [2.75, 3.05) is 7.11 Å². The molecule has 0 atom stereocenters. The van der Waals surface area contributed by atoms with Gasteiger partial charge in [0, 0.05) is 13.0 Å². The van der Waals surface area contributed by atoms with E-state index in [1.54, 1.807) is 18.2 Å². The Hall–Kier alpha value is -2.90. The summed E-state index contributed by atoms with van der Waals surface area (Å²) in [6, 6.07) is 9.26. The van der Waals surface area contributed by atoms with Crippen molar-refractivity contribution in [3.05, 3.63) is 68.6 Å². The van der Waals surface area contributed by atoms with E-state index < -0.39 is 11.8 Å². The van der Waals surface area contributed by atoms with Crippen LogP contribution in [0.25, 0.3) is 11.0 Å². The maximum Gasteiger partial charge on any atom is 0.342 e. The third kappa shape index (κ3) is 3.72. The molecular weight excluding hydrogens is 407 g/mol. The van der Waals surface area contributed by atoms with Crippen molar-refractivity contribution in [3.8, 4) is 5.75 Å². The molecule has 3 aromatic rings. The molecule has 0 bridgehead atoms. The van der Waals surface area contributed by atoms with E-state index in [-0.39, 0.29) is 44.6 Å². The number of carbonyl (C=O) groups is 2. The largest absolute Gasteiger partial charge is 0.618 e. The standard InChI is InChI=1S/C19H14Cl2N2O5/c1-10(24)18-15(9-28-19(25)11-5-3-4-6-17(11)27-2)22-14-7-12(20)13(21)8-16(14)23(18)26/h3-8H,9H2,1-2H3. The summed E-state index contributed by atoms with van der Waals surface area (Å²) in [7, 11) is 1.43. The average Bonchev–Trinajstić information content (AvgIpc) is 2.67. The topological polar surface area (TPSA) is 92.4 Å². The van der Waals surface area contributed by atoms with Gasteiger partial charge >= 0.3 is 5.97 Å². The number of halogens is 2. The Morgan fingerprint density at radius 2 is 1.86 bits per heavy atom. The third-order valence-electron chi connectivity index (χ3n) is 3.97. The minimum Gasteiger partial charge on any atom is -0.618 e. The van der Waals surface area contributed by atoms with Gasteiger partial charge in [-0.15, -0.1) is 0 Å². The number of methoxy groups -OCH3 is 1. The summed E-state index contributed by atoms with van der Waals surface area (Å²) in [5.41, 5.74) is 0.285. The maximum absolute atomic E-state index is 12.7. The first-order valence-corrected chi connectivity index (χ1v) is 8.81. The van der Waals surface area contributed by atoms with Crippen molar-refractivity contribution >= 4 is 46.0 Å². The molecule has 0 fully saturated rings. The molecule has 0 saturated carbocycles. The Morgan fingerprint density at radius 1 is 1.18 bits per heavy atom. The van der Waals surface area contributed by atoms with Gasteiger partial charge in [-0.25, -0.2) is 9.78 Å². The van der Waals surface area contributed by atoms with Crippen LogP contribution in [0.15, 0.2) is 36.4 Å². The average molecular weight is 421 g/mol. The predicted octanol–water partition coefficient (Wildman–Crippen LogP) is 3.74. The van der Waals surface area contributed by atoms with Crippen molar-refractivity contribution in [3.63, 3.8) is 0 Å². The Labute approximate surface area is 170 Å². The zero-order valence-electron chi connectivity index (χ0n) is 14.9. The molecule has 0 radical (unpaired) electrons. The van der Waals surface area contributed by atoms with E-state index in [9.17, 15) is 14.8 Å². The van der Waals surface area contributed by atoms with Crippen LogP contribution >= 0.6 is 23.2 Å². The molecule has 0 saturated heterocycles. The highest BCUT2D eigenvalue weighted by atomic mass is 35.5. The number of rotatable bonds is 5. The number of carbonyl (C=O) groups excluding carboxylic acids is 2. The molecule has 0 aliphatic rings. The molecular formula is C19H14Cl2N2O5. The summed E-state index contributed by atoms with van der Waals surface area (Å²) in [5, 5.41) is 13.0. The molecule has 0 unspecified atom stereocenters. The first-order chi connectivity index (χ1) is 13.3. The quantitative estimate of drug-likeness (QED) is 0.270. The van der Waals surface area contributed by atoms with Gasteiger partial charge < -0.3 is 14.7 Å². The Bertz CT molecular complexity index is 1100. The Balaban J connectivity index is 2.00. The lowest BCUT2D eigenvalue weighted by atomic mass is 10.2. The molecule has 9 heteroatoms. The van der Waals surface area contributed by atoms with Crippen LogP contribution in [0.2, 0.25) is 10.0 Å². The van der Waals surface area contributed by atoms with Crippen LogP contribution in [0, 0.1) is 5.21 Å². The van der Waals surface area contributed by atoms with Crippen LogP contribution in [0.3, 0.4) is 0 Å². The SMILES string of the molecule is COc1ccccc1C(=O)OCc1nc2cc(Cl)c(Cl)cc2[n+]([O-])c1C(C)=O. The molecule has 7 nitrogen and oxygen atoms in total. The molecule has 1 aromatic heterocycles. The number of Topliss-reactive ketones (excluding diaryl/α,β-unsaturated/α-hetero) is 1. The number of ether oxygens (including phenoxy) is 2. The van der Waals surface area contributed by atoms with Crippen LogP contribution < -0.4 is 9.47 Å². The summed E-state index contributed by atoms with van der Waals surface area (Å²) in [6.45, 7) is 0.838. The summed E-state index contributed by atoms with van der Waals surface area (Å²) >= 11 is 11.9. The number of para-hydroxylation sites is 1. The number of esters is 1. The summed E-state index contributed by atoms with van der Waals surface area (Å²) in [6.07, 6.45) is 0. The molecule has 3 rings (SSSR count). The number of nitrogens with zero attached hydrogens (tertiary/aromatic N) is 2. The minimum atomic E-state index is -0.680. The van der Waals surface area contributed by atoms with Crippen LogP contribution in [0.1, 0.15) is 33.5 Å². The van der Waals surface area contributed by atoms with E-state index in [0.717, 1.165) is 0 Å². The van der Waals surface area contributed by atoms with E-state index in [1.807, 2.05) is 0 Å². The second-order valence-corrected chi connectivity index (χ2v) is 6.60. The number of benzene rings is 2. The lowest BCUT2D eigenvalue weighted by molar-refractivity contribution is -0.580. The van der Waals surface area contributed by atoms with E-state index in [1.165, 1.54) is 32.2 Å². The lowest BCUT2D eigenvalue weighted by Crippen LogP contribution is -2.37. The highest BCUT2D eigenvalue weighted by Crippen LogP contribution is 2.26. The first kappa shape index (κ1) is 19.9. The summed E-state index contributed by atoms with van der Waals surface area (Å²) in [5.74, 6) is -0.870. The van der Waals surface area contributed by atoms with E-state index in [0.29, 0.717) is 10.5 Å². The zero-order valence-corrected chi connectivity index (χ0v) is 16.4. The smallest absolute Gasteiger partial charge is 0.342 e. The fraction of sp³-hybridized carbons (Fsp3) is 0.158. The van der Waals surface area contributed by atoms with E-state index in [2.05, 4.69) is 4.98 Å². The van der Waals surface area contributed by atoms with Crippen molar-refractivity contribution < 1.29 is 23.8 Å². The normalized spacial score (nSPS) is 10.7. The fourth-order valence-corrected chi connectivity index (χ4v) is 3.00. The van der Waals surface area contributed by atoms with Crippen LogP contribution in [-0.2, 0) is 11.3 Å². The molecule has 0 aliphatic heterocycles. The van der Waals surface area contributed by atoms with Crippen LogP contribution in [-0.4, -0.2) is 23.8 Å². The van der Waals surface area contributed by atoms with Crippen LogP contribution in [0.4, 0.5) is 0 Å². The van der Waals surface area contributed by atoms with Crippen LogP contribution in [0.5, 0.6) is 5.75 Å². The molecule has 0 amide bonds. The number of ketones is 1. The van der Waals surface area contributed by atoms with E-state index in [4.69, 9.17) is 32.7 Å². The highest BCUT2D eigenvalue weighted by Gasteiger charge is 2.25. The van der Waals surface area contributed by atoms with Gasteiger partial charge in [-0.1, -0.05) is 35.3 Å². The predicted molar refractivity (Wildman–Crippen MR) is 103 cm³/mol. The Kier molecular flexibility index (Phi) is 5.67. The Morgan fingerprint density at radius 3 is 2.54 bits per heavy atom. The zero-order chi connectivity index (χ0) is 20.4. The number of fused-ring (bicyclic) bond motifs is 1. The maximum atomic E-state index is 12.7. The number of hydrogen-bond acceptors (Lipinski definition) is 6. The van der Waals surface area contributed by atoms with Crippen molar-refractivity contribution in [2.45, 2.75) is 13.5 Å². The van der Waals surface area contributed by atoms with Gasteiger partial charge in [0.15, 0.2) is 5.69 Å². The monoisotopic (exact) mass is 420 g/mol. The second-order valence-electron chi connectivity index (χ2n) is 5.79. The molecule has 1 heterocycles. The third-order valence-corrected chi connectivity index (χ3v) is 4.69. The minimum absolute atomic E-state index is 0.0108. The summed E-state index contributed by atoms with van der Waals surface area (Å²) in [4.78, 5) is 28.7. The van der Waals surface area contributed by atoms with Gasteiger partial charge in [-0.2, -0.15) is 4.73 Å². The van der Waals surface area contributed by atoms with Crippen molar-refractivity contribution in [1.29, 1.82) is 0 Å². The van der Waals surface area contributed by atoms with Gasteiger partial charge in [0.2, 0.25) is 11.3 Å². The molecule has 2 aromatic carbocycles. The lowest BCUT2D eigenvalue weighted by Gasteiger charge is -2.12.